The van der Waals surface area contributed by atoms with Gasteiger partial charge in [0.2, 0.25) is 5.91 Å². The van der Waals surface area contributed by atoms with E-state index < -0.39 is 0 Å². The molecule has 0 aromatic carbocycles. The Bertz CT molecular complexity index is 353. The number of aromatic nitrogens is 1. The van der Waals surface area contributed by atoms with Crippen LogP contribution in [0.3, 0.4) is 0 Å². The summed E-state index contributed by atoms with van der Waals surface area (Å²) in [6.07, 6.45) is 5.79. The Labute approximate surface area is 95.5 Å². The number of hydrogen-bond donors (Lipinski definition) is 1. The first kappa shape index (κ1) is 11.1. The van der Waals surface area contributed by atoms with Gasteiger partial charge >= 0.3 is 0 Å². The summed E-state index contributed by atoms with van der Waals surface area (Å²) in [6, 6.07) is 4.06. The van der Waals surface area contributed by atoms with Crippen molar-refractivity contribution in [3.05, 3.63) is 30.1 Å². The van der Waals surface area contributed by atoms with E-state index in [0.29, 0.717) is 13.0 Å². The van der Waals surface area contributed by atoms with Gasteiger partial charge in [0.1, 0.15) is 0 Å². The van der Waals surface area contributed by atoms with E-state index in [-0.39, 0.29) is 11.9 Å². The number of nitrogens with two attached hydrogens (primary N) is 1. The van der Waals surface area contributed by atoms with Crippen LogP contribution >= 0.6 is 0 Å². The lowest BCUT2D eigenvalue weighted by molar-refractivity contribution is -0.131. The van der Waals surface area contributed by atoms with Crippen molar-refractivity contribution in [1.82, 2.24) is 9.88 Å². The number of likely N-dealkylation sites (tertiary alicyclic amines) is 1. The smallest absolute Gasteiger partial charge is 0.222 e. The molecule has 1 unspecified atom stereocenters. The molecule has 2 rings (SSSR count). The lowest BCUT2D eigenvalue weighted by Gasteiger charge is -2.20. The molecule has 4 nitrogen and oxygen atoms in total. The van der Waals surface area contributed by atoms with Gasteiger partial charge in [0.25, 0.3) is 0 Å². The zero-order valence-corrected chi connectivity index (χ0v) is 9.30. The lowest BCUT2D eigenvalue weighted by Crippen LogP contribution is -2.30. The number of hydrogen-bond acceptors (Lipinski definition) is 3. The molecule has 0 spiro atoms. The molecule has 1 aliphatic heterocycles. The maximum Gasteiger partial charge on any atom is 0.222 e. The highest BCUT2D eigenvalue weighted by Crippen LogP contribution is 2.13. The van der Waals surface area contributed by atoms with E-state index in [4.69, 9.17) is 5.73 Å². The molecule has 2 N–H and O–H groups in total. The molecule has 1 aromatic heterocycles. The second kappa shape index (κ2) is 5.07. The Morgan fingerprint density at radius 2 is 2.12 bits per heavy atom. The molecule has 1 fully saturated rings. The van der Waals surface area contributed by atoms with Crippen LogP contribution in [0.1, 0.15) is 24.8 Å². The number of amides is 1. The van der Waals surface area contributed by atoms with E-state index in [0.717, 1.165) is 24.9 Å². The quantitative estimate of drug-likeness (QED) is 0.804. The Hall–Kier alpha value is -1.42. The first-order chi connectivity index (χ1) is 7.75. The van der Waals surface area contributed by atoms with Crippen molar-refractivity contribution in [3.8, 4) is 0 Å². The molecular weight excluding hydrogens is 202 g/mol. The normalized spacial score (nSPS) is 21.9. The third-order valence-electron chi connectivity index (χ3n) is 2.97. The van der Waals surface area contributed by atoms with Crippen LogP contribution in [0.2, 0.25) is 0 Å². The van der Waals surface area contributed by atoms with Crippen LogP contribution in [-0.2, 0) is 11.3 Å². The highest BCUT2D eigenvalue weighted by molar-refractivity contribution is 5.76. The van der Waals surface area contributed by atoms with Crippen molar-refractivity contribution in [3.63, 3.8) is 0 Å². The molecule has 0 bridgehead atoms. The summed E-state index contributed by atoms with van der Waals surface area (Å²) in [5.41, 5.74) is 6.99. The number of pyridine rings is 1. The van der Waals surface area contributed by atoms with Gasteiger partial charge in [-0.1, -0.05) is 0 Å². The van der Waals surface area contributed by atoms with Crippen LogP contribution in [0, 0.1) is 0 Å². The number of nitrogens with zero attached hydrogens (tertiary/aromatic N) is 2. The Morgan fingerprint density at radius 1 is 1.38 bits per heavy atom. The molecule has 1 aromatic rings. The summed E-state index contributed by atoms with van der Waals surface area (Å²) in [5.74, 6) is 0.213. The van der Waals surface area contributed by atoms with Crippen LogP contribution < -0.4 is 5.73 Å². The van der Waals surface area contributed by atoms with Gasteiger partial charge in [-0.3, -0.25) is 9.78 Å². The van der Waals surface area contributed by atoms with Crippen molar-refractivity contribution in [2.24, 2.45) is 5.73 Å². The standard InChI is InChI=1S/C12H17N3O/c13-11-1-2-12(16)15(8-5-11)9-10-3-6-14-7-4-10/h3-4,6-7,11H,1-2,5,8-9,13H2. The van der Waals surface area contributed by atoms with Crippen LogP contribution in [0.5, 0.6) is 0 Å². The lowest BCUT2D eigenvalue weighted by atomic mass is 10.1. The minimum atomic E-state index is 0.173. The van der Waals surface area contributed by atoms with Crippen LogP contribution in [0.4, 0.5) is 0 Å². The van der Waals surface area contributed by atoms with Crippen molar-refractivity contribution in [2.75, 3.05) is 6.54 Å². The number of rotatable bonds is 2. The SMILES string of the molecule is NC1CCC(=O)N(Cc2ccncc2)CC1. The monoisotopic (exact) mass is 219 g/mol. The second-order valence-electron chi connectivity index (χ2n) is 4.26. The van der Waals surface area contributed by atoms with Gasteiger partial charge in [-0.15, -0.1) is 0 Å². The molecule has 2 heterocycles. The molecular formula is C12H17N3O. The van der Waals surface area contributed by atoms with E-state index in [1.165, 1.54) is 0 Å². The fraction of sp³-hybridized carbons (Fsp3) is 0.500. The van der Waals surface area contributed by atoms with Crippen molar-refractivity contribution in [1.29, 1.82) is 0 Å². The van der Waals surface area contributed by atoms with Gasteiger partial charge < -0.3 is 10.6 Å². The van der Waals surface area contributed by atoms with Gasteiger partial charge in [0.05, 0.1) is 0 Å². The van der Waals surface area contributed by atoms with Gasteiger partial charge in [0, 0.05) is 37.9 Å². The third kappa shape index (κ3) is 2.79. The number of carbonyl (C=O) groups is 1. The summed E-state index contributed by atoms with van der Waals surface area (Å²) in [6.45, 7) is 1.44. The van der Waals surface area contributed by atoms with Crippen LogP contribution in [0.15, 0.2) is 24.5 Å². The van der Waals surface area contributed by atoms with Crippen molar-refractivity contribution < 1.29 is 4.79 Å². The van der Waals surface area contributed by atoms with Crippen molar-refractivity contribution >= 4 is 5.91 Å². The van der Waals surface area contributed by atoms with Gasteiger partial charge in [-0.2, -0.15) is 0 Å². The largest absolute Gasteiger partial charge is 0.338 e. The minimum Gasteiger partial charge on any atom is -0.338 e. The van der Waals surface area contributed by atoms with Crippen LogP contribution in [-0.4, -0.2) is 28.4 Å². The summed E-state index contributed by atoms with van der Waals surface area (Å²) in [5, 5.41) is 0. The first-order valence-electron chi connectivity index (χ1n) is 5.68. The van der Waals surface area contributed by atoms with Gasteiger partial charge in [-0.25, -0.2) is 0 Å². The first-order valence-corrected chi connectivity index (χ1v) is 5.68. The molecule has 0 aliphatic carbocycles. The van der Waals surface area contributed by atoms with E-state index >= 15 is 0 Å². The van der Waals surface area contributed by atoms with Gasteiger partial charge in [-0.05, 0) is 30.5 Å². The predicted octanol–water partition coefficient (Wildman–Crippen LogP) is 0.921. The topological polar surface area (TPSA) is 59.2 Å². The fourth-order valence-electron chi connectivity index (χ4n) is 1.93. The zero-order chi connectivity index (χ0) is 11.4. The van der Waals surface area contributed by atoms with Crippen LogP contribution in [0.25, 0.3) is 0 Å². The highest BCUT2D eigenvalue weighted by atomic mass is 16.2. The molecule has 4 heteroatoms. The summed E-state index contributed by atoms with van der Waals surface area (Å²) < 4.78 is 0. The molecule has 16 heavy (non-hydrogen) atoms. The second-order valence-corrected chi connectivity index (χ2v) is 4.26. The zero-order valence-electron chi connectivity index (χ0n) is 9.30. The molecule has 1 saturated heterocycles. The number of carbonyl (C=O) groups excluding carboxylic acids is 1. The molecule has 0 radical (unpaired) electrons. The Kier molecular flexibility index (Phi) is 3.51. The van der Waals surface area contributed by atoms with Crippen molar-refractivity contribution in [2.45, 2.75) is 31.8 Å². The maximum absolute atomic E-state index is 11.8. The molecule has 1 amide bonds. The molecule has 86 valence electrons. The Balaban J connectivity index is 2.00. The summed E-state index contributed by atoms with van der Waals surface area (Å²) in [4.78, 5) is 17.7. The molecule has 0 saturated carbocycles. The average molecular weight is 219 g/mol. The minimum absolute atomic E-state index is 0.173. The predicted molar refractivity (Wildman–Crippen MR) is 61.5 cm³/mol. The third-order valence-corrected chi connectivity index (χ3v) is 2.97. The Morgan fingerprint density at radius 3 is 2.88 bits per heavy atom. The fourth-order valence-corrected chi connectivity index (χ4v) is 1.93. The summed E-state index contributed by atoms with van der Waals surface area (Å²) >= 11 is 0. The molecule has 1 aliphatic rings. The highest BCUT2D eigenvalue weighted by Gasteiger charge is 2.20. The van der Waals surface area contributed by atoms with E-state index in [1.54, 1.807) is 12.4 Å². The molecule has 1 atom stereocenters. The van der Waals surface area contributed by atoms with E-state index in [9.17, 15) is 4.79 Å². The maximum atomic E-state index is 11.8. The summed E-state index contributed by atoms with van der Waals surface area (Å²) in [7, 11) is 0. The van der Waals surface area contributed by atoms with Gasteiger partial charge in [0.15, 0.2) is 0 Å². The van der Waals surface area contributed by atoms with E-state index in [1.807, 2.05) is 17.0 Å². The van der Waals surface area contributed by atoms with E-state index in [2.05, 4.69) is 4.98 Å². The average Bonchev–Trinajstić information content (AvgIpc) is 2.46.